The molecule has 128 valence electrons. The third kappa shape index (κ3) is 3.64. The minimum Gasteiger partial charge on any atom is -0.478 e. The molecule has 0 saturated heterocycles. The number of carboxylic acids is 1. The molecule has 0 saturated carbocycles. The standard InChI is InChI=1S/C18H23N3O3/c1-10-6-7-14(18(23)24)9-16(10)19-17(22)11(2)8-15-12(3)20-21(5)13(15)4/h6-7,9,11H,8H2,1-5H3,(H,19,22)(H,23,24). The van der Waals surface area contributed by atoms with Crippen LogP contribution in [-0.2, 0) is 18.3 Å². The van der Waals surface area contributed by atoms with Gasteiger partial charge in [-0.2, -0.15) is 5.10 Å². The highest BCUT2D eigenvalue weighted by molar-refractivity contribution is 5.95. The summed E-state index contributed by atoms with van der Waals surface area (Å²) in [6.45, 7) is 7.62. The van der Waals surface area contributed by atoms with Gasteiger partial charge in [0.05, 0.1) is 11.3 Å². The van der Waals surface area contributed by atoms with Crippen LogP contribution < -0.4 is 5.32 Å². The summed E-state index contributed by atoms with van der Waals surface area (Å²) in [5.41, 5.74) is 4.58. The van der Waals surface area contributed by atoms with Crippen molar-refractivity contribution in [3.63, 3.8) is 0 Å². The molecular formula is C18H23N3O3. The normalized spacial score (nSPS) is 12.0. The molecule has 2 rings (SSSR count). The maximum absolute atomic E-state index is 12.5. The summed E-state index contributed by atoms with van der Waals surface area (Å²) in [6.07, 6.45) is 0.592. The molecule has 1 aromatic carbocycles. The number of nitrogens with one attached hydrogen (secondary N) is 1. The van der Waals surface area contributed by atoms with Crippen molar-refractivity contribution < 1.29 is 14.7 Å². The first-order valence-electron chi connectivity index (χ1n) is 7.84. The van der Waals surface area contributed by atoms with Crippen molar-refractivity contribution in [2.24, 2.45) is 13.0 Å². The molecule has 0 spiro atoms. The van der Waals surface area contributed by atoms with Crippen molar-refractivity contribution in [3.05, 3.63) is 46.3 Å². The Hall–Kier alpha value is -2.63. The molecule has 6 nitrogen and oxygen atoms in total. The lowest BCUT2D eigenvalue weighted by Gasteiger charge is -2.14. The summed E-state index contributed by atoms with van der Waals surface area (Å²) < 4.78 is 1.82. The number of amides is 1. The highest BCUT2D eigenvalue weighted by Gasteiger charge is 2.19. The van der Waals surface area contributed by atoms with Crippen LogP contribution in [0.1, 0.15) is 39.8 Å². The number of carboxylic acid groups (broad SMARTS) is 1. The van der Waals surface area contributed by atoms with Crippen molar-refractivity contribution in [1.29, 1.82) is 0 Å². The number of nitrogens with zero attached hydrogens (tertiary/aromatic N) is 2. The van der Waals surface area contributed by atoms with Gasteiger partial charge in [0, 0.05) is 24.3 Å². The predicted molar refractivity (Wildman–Crippen MR) is 92.3 cm³/mol. The molecule has 1 unspecified atom stereocenters. The van der Waals surface area contributed by atoms with Gasteiger partial charge < -0.3 is 10.4 Å². The molecule has 2 aromatic rings. The number of rotatable bonds is 5. The van der Waals surface area contributed by atoms with Gasteiger partial charge >= 0.3 is 5.97 Å². The van der Waals surface area contributed by atoms with Crippen LogP contribution in [0.3, 0.4) is 0 Å². The van der Waals surface area contributed by atoms with Gasteiger partial charge in [-0.25, -0.2) is 4.79 Å². The molecule has 2 N–H and O–H groups in total. The van der Waals surface area contributed by atoms with Gasteiger partial charge in [-0.15, -0.1) is 0 Å². The molecule has 1 aromatic heterocycles. The third-order valence-electron chi connectivity index (χ3n) is 4.36. The Bertz CT molecular complexity index is 793. The lowest BCUT2D eigenvalue weighted by atomic mass is 9.98. The number of aromatic nitrogens is 2. The van der Waals surface area contributed by atoms with E-state index >= 15 is 0 Å². The van der Waals surface area contributed by atoms with Crippen molar-refractivity contribution in [2.45, 2.75) is 34.1 Å². The minimum atomic E-state index is -1.01. The second-order valence-electron chi connectivity index (χ2n) is 6.20. The van der Waals surface area contributed by atoms with Gasteiger partial charge in [-0.05, 0) is 50.5 Å². The number of anilines is 1. The summed E-state index contributed by atoms with van der Waals surface area (Å²) in [5, 5.41) is 16.3. The zero-order chi connectivity index (χ0) is 18.0. The summed E-state index contributed by atoms with van der Waals surface area (Å²) >= 11 is 0. The zero-order valence-corrected chi connectivity index (χ0v) is 14.7. The van der Waals surface area contributed by atoms with Gasteiger partial charge in [0.1, 0.15) is 0 Å². The number of benzene rings is 1. The number of hydrogen-bond acceptors (Lipinski definition) is 3. The van der Waals surface area contributed by atoms with Crippen LogP contribution in [0.4, 0.5) is 5.69 Å². The molecule has 1 atom stereocenters. The van der Waals surface area contributed by atoms with E-state index in [-0.39, 0.29) is 17.4 Å². The average Bonchev–Trinajstić information content (AvgIpc) is 2.75. The summed E-state index contributed by atoms with van der Waals surface area (Å²) in [5.74, 6) is -1.40. The Morgan fingerprint density at radius 1 is 1.29 bits per heavy atom. The topological polar surface area (TPSA) is 84.2 Å². The van der Waals surface area contributed by atoms with Gasteiger partial charge in [0.2, 0.25) is 5.91 Å². The highest BCUT2D eigenvalue weighted by atomic mass is 16.4. The fourth-order valence-electron chi connectivity index (χ4n) is 2.66. The fourth-order valence-corrected chi connectivity index (χ4v) is 2.66. The van der Waals surface area contributed by atoms with E-state index in [9.17, 15) is 9.59 Å². The lowest BCUT2D eigenvalue weighted by Crippen LogP contribution is -2.23. The Morgan fingerprint density at radius 2 is 1.96 bits per heavy atom. The molecule has 0 bridgehead atoms. The molecule has 24 heavy (non-hydrogen) atoms. The molecule has 0 aliphatic carbocycles. The summed E-state index contributed by atoms with van der Waals surface area (Å²) in [7, 11) is 1.89. The number of aromatic carboxylic acids is 1. The Kier molecular flexibility index (Phi) is 5.07. The minimum absolute atomic E-state index is 0.136. The summed E-state index contributed by atoms with van der Waals surface area (Å²) in [6, 6.07) is 4.71. The monoisotopic (exact) mass is 329 g/mol. The Morgan fingerprint density at radius 3 is 2.50 bits per heavy atom. The van der Waals surface area contributed by atoms with E-state index in [2.05, 4.69) is 10.4 Å². The molecule has 0 fully saturated rings. The SMILES string of the molecule is Cc1ccc(C(=O)O)cc1NC(=O)C(C)Cc1c(C)nn(C)c1C. The van der Waals surface area contributed by atoms with E-state index in [0.717, 1.165) is 22.5 Å². The molecule has 1 amide bonds. The largest absolute Gasteiger partial charge is 0.478 e. The first-order chi connectivity index (χ1) is 11.2. The summed E-state index contributed by atoms with van der Waals surface area (Å²) in [4.78, 5) is 23.6. The van der Waals surface area contributed by atoms with Gasteiger partial charge in [-0.1, -0.05) is 13.0 Å². The number of carbonyl (C=O) groups excluding carboxylic acids is 1. The van der Waals surface area contributed by atoms with Crippen molar-refractivity contribution in [2.75, 3.05) is 5.32 Å². The number of aryl methyl sites for hydroxylation is 3. The number of carbonyl (C=O) groups is 2. The first-order valence-corrected chi connectivity index (χ1v) is 7.84. The van der Waals surface area contributed by atoms with Crippen LogP contribution in [0.15, 0.2) is 18.2 Å². The second kappa shape index (κ2) is 6.86. The maximum Gasteiger partial charge on any atom is 0.335 e. The van der Waals surface area contributed by atoms with Crippen molar-refractivity contribution >= 4 is 17.6 Å². The second-order valence-corrected chi connectivity index (χ2v) is 6.20. The maximum atomic E-state index is 12.5. The van der Waals surface area contributed by atoms with Crippen LogP contribution in [0.5, 0.6) is 0 Å². The molecule has 1 heterocycles. The van der Waals surface area contributed by atoms with Crippen LogP contribution in [0.2, 0.25) is 0 Å². The predicted octanol–water partition coefficient (Wildman–Crippen LogP) is 2.86. The molecule has 0 aliphatic heterocycles. The van der Waals surface area contributed by atoms with E-state index in [1.54, 1.807) is 6.07 Å². The van der Waals surface area contributed by atoms with Crippen LogP contribution >= 0.6 is 0 Å². The van der Waals surface area contributed by atoms with E-state index in [0.29, 0.717) is 12.1 Å². The molecular weight excluding hydrogens is 306 g/mol. The van der Waals surface area contributed by atoms with Gasteiger partial charge in [0.25, 0.3) is 0 Å². The third-order valence-corrected chi connectivity index (χ3v) is 4.36. The van der Waals surface area contributed by atoms with Crippen molar-refractivity contribution in [1.82, 2.24) is 9.78 Å². The quantitative estimate of drug-likeness (QED) is 0.883. The molecule has 0 aliphatic rings. The first kappa shape index (κ1) is 17.7. The van der Waals surface area contributed by atoms with E-state index in [1.165, 1.54) is 12.1 Å². The van der Waals surface area contributed by atoms with Crippen LogP contribution in [0.25, 0.3) is 0 Å². The van der Waals surface area contributed by atoms with Crippen LogP contribution in [-0.4, -0.2) is 26.8 Å². The Labute approximate surface area is 141 Å². The van der Waals surface area contributed by atoms with Crippen molar-refractivity contribution in [3.8, 4) is 0 Å². The molecule has 0 radical (unpaired) electrons. The Balaban J connectivity index is 2.15. The number of hydrogen-bond donors (Lipinski definition) is 2. The van der Waals surface area contributed by atoms with Gasteiger partial charge in [-0.3, -0.25) is 9.48 Å². The fraction of sp³-hybridized carbons (Fsp3) is 0.389. The zero-order valence-electron chi connectivity index (χ0n) is 14.7. The van der Waals surface area contributed by atoms with E-state index in [1.807, 2.05) is 39.4 Å². The van der Waals surface area contributed by atoms with Gasteiger partial charge in [0.15, 0.2) is 0 Å². The van der Waals surface area contributed by atoms with E-state index in [4.69, 9.17) is 5.11 Å². The van der Waals surface area contributed by atoms with Crippen LogP contribution in [0, 0.1) is 26.7 Å². The average molecular weight is 329 g/mol. The lowest BCUT2D eigenvalue weighted by molar-refractivity contribution is -0.119. The van der Waals surface area contributed by atoms with E-state index < -0.39 is 5.97 Å². The smallest absolute Gasteiger partial charge is 0.335 e. The molecule has 6 heteroatoms. The highest BCUT2D eigenvalue weighted by Crippen LogP contribution is 2.21.